The number of hydrogen-bond acceptors (Lipinski definition) is 3. The molecular weight excluding hydrogens is 274 g/mol. The molecule has 2 aliphatic heterocycles. The van der Waals surface area contributed by atoms with Crippen molar-refractivity contribution in [3.05, 3.63) is 34.4 Å². The fourth-order valence-corrected chi connectivity index (χ4v) is 3.85. The Hall–Kier alpha value is -1.03. The second-order valence-corrected chi connectivity index (χ2v) is 6.63. The van der Waals surface area contributed by atoms with Crippen molar-refractivity contribution in [2.75, 3.05) is 26.2 Å². The summed E-state index contributed by atoms with van der Waals surface area (Å²) in [7, 11) is 0. The van der Waals surface area contributed by atoms with Gasteiger partial charge in [0.1, 0.15) is 12.4 Å². The molecule has 0 spiro atoms. The van der Waals surface area contributed by atoms with E-state index in [2.05, 4.69) is 11.0 Å². The van der Waals surface area contributed by atoms with Crippen LogP contribution in [0.4, 0.5) is 0 Å². The van der Waals surface area contributed by atoms with Gasteiger partial charge in [0.15, 0.2) is 0 Å². The number of ether oxygens (including phenoxy) is 1. The van der Waals surface area contributed by atoms with Gasteiger partial charge in [-0.15, -0.1) is 0 Å². The Labute approximate surface area is 123 Å². The molecule has 4 heteroatoms. The fraction of sp³-hybridized carbons (Fsp3) is 0.500. The van der Waals surface area contributed by atoms with Crippen LogP contribution in [0.3, 0.4) is 0 Å². The van der Waals surface area contributed by atoms with E-state index in [0.717, 1.165) is 42.4 Å². The number of hydrogen-bond donors (Lipinski definition) is 1. The van der Waals surface area contributed by atoms with Gasteiger partial charge < -0.3 is 9.84 Å². The number of aliphatic hydroxyl groups is 1. The van der Waals surface area contributed by atoms with Gasteiger partial charge in [-0.3, -0.25) is 4.90 Å². The lowest BCUT2D eigenvalue weighted by atomic mass is 9.74. The van der Waals surface area contributed by atoms with Crippen LogP contribution in [-0.2, 0) is 0 Å². The van der Waals surface area contributed by atoms with E-state index in [4.69, 9.17) is 16.3 Å². The van der Waals surface area contributed by atoms with Crippen molar-refractivity contribution < 1.29 is 9.84 Å². The molecule has 1 saturated heterocycles. The summed E-state index contributed by atoms with van der Waals surface area (Å²) in [5, 5.41) is 10.5. The normalized spacial score (nSPS) is 31.9. The lowest BCUT2D eigenvalue weighted by molar-refractivity contribution is -0.00431. The highest BCUT2D eigenvalue weighted by atomic mass is 35.5. The monoisotopic (exact) mass is 291 g/mol. The van der Waals surface area contributed by atoms with Gasteiger partial charge in [-0.05, 0) is 42.2 Å². The van der Waals surface area contributed by atoms with Crippen molar-refractivity contribution in [3.8, 4) is 5.75 Å². The highest BCUT2D eigenvalue weighted by molar-refractivity contribution is 6.30. The van der Waals surface area contributed by atoms with Crippen molar-refractivity contribution in [3.63, 3.8) is 0 Å². The molecule has 3 aliphatic rings. The molecule has 20 heavy (non-hydrogen) atoms. The van der Waals surface area contributed by atoms with Gasteiger partial charge in [0.05, 0.1) is 6.10 Å². The van der Waals surface area contributed by atoms with E-state index in [-0.39, 0.29) is 6.10 Å². The SMILES string of the molecule is O[C@@H]1C[C@@H]2CN(CC3=Cc4cc(Cl)ccc4OC3)C[C@@H]21. The quantitative estimate of drug-likeness (QED) is 0.908. The van der Waals surface area contributed by atoms with Crippen LogP contribution in [0.1, 0.15) is 12.0 Å². The van der Waals surface area contributed by atoms with Crippen molar-refractivity contribution in [1.29, 1.82) is 0 Å². The molecule has 0 bridgehead atoms. The van der Waals surface area contributed by atoms with Crippen LogP contribution >= 0.6 is 11.6 Å². The molecule has 0 radical (unpaired) electrons. The number of nitrogens with zero attached hydrogens (tertiary/aromatic N) is 1. The Morgan fingerprint density at radius 1 is 1.35 bits per heavy atom. The van der Waals surface area contributed by atoms with E-state index in [0.29, 0.717) is 18.4 Å². The maximum absolute atomic E-state index is 9.72. The van der Waals surface area contributed by atoms with Gasteiger partial charge >= 0.3 is 0 Å². The first-order chi connectivity index (χ1) is 9.69. The zero-order valence-electron chi connectivity index (χ0n) is 11.3. The minimum absolute atomic E-state index is 0.0684. The Balaban J connectivity index is 1.47. The molecular formula is C16H18ClNO2. The highest BCUT2D eigenvalue weighted by Gasteiger charge is 2.46. The van der Waals surface area contributed by atoms with Crippen LogP contribution in [0.15, 0.2) is 23.8 Å². The lowest BCUT2D eigenvalue weighted by Crippen LogP contribution is -2.39. The molecule has 1 saturated carbocycles. The van der Waals surface area contributed by atoms with Crippen molar-refractivity contribution in [2.45, 2.75) is 12.5 Å². The fourth-order valence-electron chi connectivity index (χ4n) is 3.67. The third kappa shape index (κ3) is 2.14. The first kappa shape index (κ1) is 12.7. The van der Waals surface area contributed by atoms with Crippen molar-refractivity contribution in [2.24, 2.45) is 11.8 Å². The average Bonchev–Trinajstić information content (AvgIpc) is 2.75. The van der Waals surface area contributed by atoms with Gasteiger partial charge in [-0.1, -0.05) is 11.6 Å². The zero-order chi connectivity index (χ0) is 13.7. The standard InChI is InChI=1S/C16H18ClNO2/c17-13-1-2-16-11(4-13)3-10(9-20-16)6-18-7-12-5-15(19)14(12)8-18/h1-4,12,14-15,19H,5-9H2/t12-,14+,15-/m1/s1. The van der Waals surface area contributed by atoms with Crippen molar-refractivity contribution in [1.82, 2.24) is 4.90 Å². The summed E-state index contributed by atoms with van der Waals surface area (Å²) in [6, 6.07) is 5.74. The molecule has 3 atom stereocenters. The molecule has 0 aromatic heterocycles. The average molecular weight is 292 g/mol. The summed E-state index contributed by atoms with van der Waals surface area (Å²) in [5.41, 5.74) is 2.36. The summed E-state index contributed by atoms with van der Waals surface area (Å²) in [5.74, 6) is 2.12. The Morgan fingerprint density at radius 2 is 2.25 bits per heavy atom. The Morgan fingerprint density at radius 3 is 3.05 bits per heavy atom. The van der Waals surface area contributed by atoms with E-state index in [1.165, 1.54) is 5.57 Å². The molecule has 2 fully saturated rings. The first-order valence-corrected chi connectivity index (χ1v) is 7.59. The number of benzene rings is 1. The number of likely N-dealkylation sites (tertiary alicyclic amines) is 1. The molecule has 1 aliphatic carbocycles. The summed E-state index contributed by atoms with van der Waals surface area (Å²) in [6.45, 7) is 3.72. The summed E-state index contributed by atoms with van der Waals surface area (Å²) in [4.78, 5) is 2.44. The molecule has 1 aromatic carbocycles. The van der Waals surface area contributed by atoms with Crippen LogP contribution in [0, 0.1) is 11.8 Å². The zero-order valence-corrected chi connectivity index (χ0v) is 12.0. The number of fused-ring (bicyclic) bond motifs is 2. The third-order valence-electron chi connectivity index (χ3n) is 4.78. The predicted octanol–water partition coefficient (Wildman–Crippen LogP) is 2.43. The smallest absolute Gasteiger partial charge is 0.127 e. The van der Waals surface area contributed by atoms with Crippen LogP contribution in [0.25, 0.3) is 6.08 Å². The maximum Gasteiger partial charge on any atom is 0.127 e. The third-order valence-corrected chi connectivity index (χ3v) is 5.01. The van der Waals surface area contributed by atoms with Gasteiger partial charge in [0.2, 0.25) is 0 Å². The summed E-state index contributed by atoms with van der Waals surface area (Å²) < 4.78 is 5.79. The summed E-state index contributed by atoms with van der Waals surface area (Å²) in [6.07, 6.45) is 3.11. The molecule has 0 unspecified atom stereocenters. The summed E-state index contributed by atoms with van der Waals surface area (Å²) >= 11 is 6.03. The molecule has 106 valence electrons. The number of rotatable bonds is 2. The lowest BCUT2D eigenvalue weighted by Gasteiger charge is -2.35. The minimum atomic E-state index is -0.0684. The second-order valence-electron chi connectivity index (χ2n) is 6.19. The molecule has 3 nitrogen and oxygen atoms in total. The molecule has 1 N–H and O–H groups in total. The van der Waals surface area contributed by atoms with Crippen LogP contribution in [0.2, 0.25) is 5.02 Å². The number of halogens is 1. The van der Waals surface area contributed by atoms with E-state index >= 15 is 0 Å². The Bertz CT molecular complexity index is 572. The first-order valence-electron chi connectivity index (χ1n) is 7.21. The topological polar surface area (TPSA) is 32.7 Å². The number of aliphatic hydroxyl groups excluding tert-OH is 1. The second kappa shape index (κ2) is 4.76. The van der Waals surface area contributed by atoms with Crippen LogP contribution in [0.5, 0.6) is 5.75 Å². The van der Waals surface area contributed by atoms with E-state index in [1.54, 1.807) is 0 Å². The van der Waals surface area contributed by atoms with Crippen LogP contribution in [-0.4, -0.2) is 42.4 Å². The van der Waals surface area contributed by atoms with E-state index in [1.807, 2.05) is 18.2 Å². The van der Waals surface area contributed by atoms with Gasteiger partial charge in [0, 0.05) is 36.1 Å². The molecule has 0 amide bonds. The van der Waals surface area contributed by atoms with Gasteiger partial charge in [-0.25, -0.2) is 0 Å². The maximum atomic E-state index is 9.72. The van der Waals surface area contributed by atoms with E-state index in [9.17, 15) is 5.11 Å². The van der Waals surface area contributed by atoms with Gasteiger partial charge in [-0.2, -0.15) is 0 Å². The minimum Gasteiger partial charge on any atom is -0.489 e. The van der Waals surface area contributed by atoms with E-state index < -0.39 is 0 Å². The predicted molar refractivity (Wildman–Crippen MR) is 79.0 cm³/mol. The molecule has 2 heterocycles. The van der Waals surface area contributed by atoms with Crippen LogP contribution < -0.4 is 4.74 Å². The molecule has 1 aromatic rings. The van der Waals surface area contributed by atoms with Crippen molar-refractivity contribution >= 4 is 17.7 Å². The Kier molecular flexibility index (Phi) is 3.02. The highest BCUT2D eigenvalue weighted by Crippen LogP contribution is 2.41. The largest absolute Gasteiger partial charge is 0.489 e. The van der Waals surface area contributed by atoms with Gasteiger partial charge in [0.25, 0.3) is 0 Å². The molecule has 4 rings (SSSR count).